The Morgan fingerprint density at radius 1 is 0.879 bits per heavy atom. The first-order chi connectivity index (χ1) is 16.2. The van der Waals surface area contributed by atoms with Crippen molar-refractivity contribution in [1.29, 1.82) is 0 Å². The molecule has 1 unspecified atom stereocenters. The fourth-order valence-corrected chi connectivity index (χ4v) is 4.87. The molecule has 0 saturated heterocycles. The third-order valence-corrected chi connectivity index (χ3v) is 6.82. The van der Waals surface area contributed by atoms with Crippen LogP contribution in [0.5, 0.6) is 0 Å². The van der Waals surface area contributed by atoms with Gasteiger partial charge >= 0.3 is 0 Å². The SMILES string of the molecule is CCN(CC)c1ccc(CNCCN2Cc3ccccc3CC2Cc2ccc(F)cc2)cc1. The molecule has 1 atom stereocenters. The fourth-order valence-electron chi connectivity index (χ4n) is 4.87. The molecule has 33 heavy (non-hydrogen) atoms. The number of hydrogen-bond donors (Lipinski definition) is 1. The van der Waals surface area contributed by atoms with E-state index in [2.05, 4.69) is 77.5 Å². The third kappa shape index (κ3) is 6.21. The lowest BCUT2D eigenvalue weighted by molar-refractivity contribution is 0.170. The van der Waals surface area contributed by atoms with Gasteiger partial charge in [0, 0.05) is 51.0 Å². The van der Waals surface area contributed by atoms with Crippen LogP contribution in [0.1, 0.15) is 36.1 Å². The van der Waals surface area contributed by atoms with E-state index in [-0.39, 0.29) is 5.82 Å². The summed E-state index contributed by atoms with van der Waals surface area (Å²) in [5.41, 5.74) is 6.69. The number of nitrogens with zero attached hydrogens (tertiary/aromatic N) is 2. The molecule has 1 aliphatic heterocycles. The molecule has 1 heterocycles. The predicted molar refractivity (Wildman–Crippen MR) is 136 cm³/mol. The molecule has 1 aliphatic rings. The zero-order valence-corrected chi connectivity index (χ0v) is 19.9. The van der Waals surface area contributed by atoms with Gasteiger partial charge in [-0.2, -0.15) is 0 Å². The van der Waals surface area contributed by atoms with Crippen molar-refractivity contribution < 1.29 is 4.39 Å². The van der Waals surface area contributed by atoms with Crippen LogP contribution in [-0.4, -0.2) is 37.1 Å². The van der Waals surface area contributed by atoms with E-state index in [1.165, 1.54) is 27.9 Å². The molecule has 3 aromatic rings. The van der Waals surface area contributed by atoms with Gasteiger partial charge < -0.3 is 10.2 Å². The minimum absolute atomic E-state index is 0.168. The van der Waals surface area contributed by atoms with Crippen molar-refractivity contribution in [3.63, 3.8) is 0 Å². The number of fused-ring (bicyclic) bond motifs is 1. The van der Waals surface area contributed by atoms with Crippen LogP contribution in [0, 0.1) is 5.82 Å². The Bertz CT molecular complexity index is 996. The Kier molecular flexibility index (Phi) is 8.14. The minimum atomic E-state index is -0.168. The van der Waals surface area contributed by atoms with E-state index in [9.17, 15) is 4.39 Å². The second-order valence-corrected chi connectivity index (χ2v) is 8.94. The highest BCUT2D eigenvalue weighted by Crippen LogP contribution is 2.25. The second-order valence-electron chi connectivity index (χ2n) is 8.94. The Hall–Kier alpha value is -2.69. The van der Waals surface area contributed by atoms with E-state index in [4.69, 9.17) is 0 Å². The average molecular weight is 446 g/mol. The molecule has 0 bridgehead atoms. The molecule has 0 aliphatic carbocycles. The summed E-state index contributed by atoms with van der Waals surface area (Å²) in [6.07, 6.45) is 1.99. The summed E-state index contributed by atoms with van der Waals surface area (Å²) < 4.78 is 13.4. The summed E-state index contributed by atoms with van der Waals surface area (Å²) in [5, 5.41) is 3.64. The minimum Gasteiger partial charge on any atom is -0.372 e. The molecule has 4 heteroatoms. The molecule has 0 amide bonds. The first-order valence-electron chi connectivity index (χ1n) is 12.3. The fraction of sp³-hybridized carbons (Fsp3) is 0.379. The highest BCUT2D eigenvalue weighted by atomic mass is 19.1. The number of anilines is 1. The summed E-state index contributed by atoms with van der Waals surface area (Å²) >= 11 is 0. The molecule has 174 valence electrons. The maximum atomic E-state index is 13.4. The van der Waals surface area contributed by atoms with Crippen LogP contribution in [0.2, 0.25) is 0 Å². The maximum Gasteiger partial charge on any atom is 0.123 e. The molecule has 0 aromatic heterocycles. The molecule has 3 aromatic carbocycles. The Morgan fingerprint density at radius 3 is 2.24 bits per heavy atom. The van der Waals surface area contributed by atoms with Crippen molar-refractivity contribution >= 4 is 5.69 Å². The van der Waals surface area contributed by atoms with Gasteiger partial charge in [-0.25, -0.2) is 4.39 Å². The zero-order valence-electron chi connectivity index (χ0n) is 19.9. The Balaban J connectivity index is 1.34. The van der Waals surface area contributed by atoms with Gasteiger partial charge in [0.15, 0.2) is 0 Å². The van der Waals surface area contributed by atoms with E-state index in [0.29, 0.717) is 6.04 Å². The number of hydrogen-bond acceptors (Lipinski definition) is 3. The maximum absolute atomic E-state index is 13.4. The van der Waals surface area contributed by atoms with Gasteiger partial charge in [-0.05, 0) is 73.2 Å². The van der Waals surface area contributed by atoms with E-state index in [0.717, 1.165) is 52.1 Å². The molecular weight excluding hydrogens is 409 g/mol. The van der Waals surface area contributed by atoms with E-state index in [1.807, 2.05) is 12.1 Å². The van der Waals surface area contributed by atoms with Gasteiger partial charge in [0.05, 0.1) is 0 Å². The molecule has 0 saturated carbocycles. The largest absolute Gasteiger partial charge is 0.372 e. The zero-order chi connectivity index (χ0) is 23.0. The van der Waals surface area contributed by atoms with Gasteiger partial charge in [-0.15, -0.1) is 0 Å². The summed E-state index contributed by atoms with van der Waals surface area (Å²) in [5.74, 6) is -0.168. The molecule has 1 N–H and O–H groups in total. The monoisotopic (exact) mass is 445 g/mol. The standard InChI is InChI=1S/C29H36FN3/c1-3-32(4-2)28-15-11-24(12-16-28)21-31-17-18-33-22-26-8-6-5-7-25(26)20-29(33)19-23-9-13-27(30)14-10-23/h5-16,29,31H,3-4,17-22H2,1-2H3. The molecule has 0 spiro atoms. The van der Waals surface area contributed by atoms with Gasteiger partial charge in [-0.1, -0.05) is 48.5 Å². The van der Waals surface area contributed by atoms with Crippen molar-refractivity contribution in [3.8, 4) is 0 Å². The molecule has 0 radical (unpaired) electrons. The first-order valence-corrected chi connectivity index (χ1v) is 12.3. The van der Waals surface area contributed by atoms with Crippen molar-refractivity contribution in [1.82, 2.24) is 10.2 Å². The number of benzene rings is 3. The van der Waals surface area contributed by atoms with Crippen LogP contribution in [0.4, 0.5) is 10.1 Å². The van der Waals surface area contributed by atoms with Crippen molar-refractivity contribution in [2.45, 2.75) is 45.8 Å². The molecule has 3 nitrogen and oxygen atoms in total. The second kappa shape index (κ2) is 11.4. The van der Waals surface area contributed by atoms with Crippen molar-refractivity contribution in [3.05, 3.63) is 101 Å². The van der Waals surface area contributed by atoms with Crippen LogP contribution in [0.15, 0.2) is 72.8 Å². The quantitative estimate of drug-likeness (QED) is 0.420. The van der Waals surface area contributed by atoms with Crippen LogP contribution in [0.3, 0.4) is 0 Å². The molecular formula is C29H36FN3. The van der Waals surface area contributed by atoms with Crippen LogP contribution in [-0.2, 0) is 25.9 Å². The Morgan fingerprint density at radius 2 is 1.55 bits per heavy atom. The lowest BCUT2D eigenvalue weighted by Crippen LogP contribution is -2.44. The smallest absolute Gasteiger partial charge is 0.123 e. The summed E-state index contributed by atoms with van der Waals surface area (Å²) in [7, 11) is 0. The van der Waals surface area contributed by atoms with E-state index in [1.54, 1.807) is 12.1 Å². The van der Waals surface area contributed by atoms with Crippen LogP contribution >= 0.6 is 0 Å². The lowest BCUT2D eigenvalue weighted by atomic mass is 9.90. The molecule has 4 rings (SSSR count). The normalized spacial score (nSPS) is 15.9. The topological polar surface area (TPSA) is 18.5 Å². The first kappa shape index (κ1) is 23.5. The van der Waals surface area contributed by atoms with Crippen LogP contribution < -0.4 is 10.2 Å². The highest BCUT2D eigenvalue weighted by Gasteiger charge is 2.25. The third-order valence-electron chi connectivity index (χ3n) is 6.82. The summed E-state index contributed by atoms with van der Waals surface area (Å²) in [6, 6.07) is 25.1. The average Bonchev–Trinajstić information content (AvgIpc) is 2.85. The Labute approximate surface area is 198 Å². The summed E-state index contributed by atoms with van der Waals surface area (Å²) in [6.45, 7) is 10.3. The van der Waals surface area contributed by atoms with Gasteiger partial charge in [0.2, 0.25) is 0 Å². The lowest BCUT2D eigenvalue weighted by Gasteiger charge is -2.37. The number of rotatable bonds is 10. The molecule has 0 fully saturated rings. The van der Waals surface area contributed by atoms with Crippen LogP contribution in [0.25, 0.3) is 0 Å². The van der Waals surface area contributed by atoms with Crippen molar-refractivity contribution in [2.75, 3.05) is 31.1 Å². The van der Waals surface area contributed by atoms with E-state index < -0.39 is 0 Å². The number of nitrogens with one attached hydrogen (secondary N) is 1. The van der Waals surface area contributed by atoms with E-state index >= 15 is 0 Å². The number of halogens is 1. The van der Waals surface area contributed by atoms with Crippen molar-refractivity contribution in [2.24, 2.45) is 0 Å². The van der Waals surface area contributed by atoms with Gasteiger partial charge in [-0.3, -0.25) is 4.90 Å². The van der Waals surface area contributed by atoms with Gasteiger partial charge in [0.1, 0.15) is 5.82 Å². The predicted octanol–water partition coefficient (Wildman–Crippen LogP) is 5.43. The summed E-state index contributed by atoms with van der Waals surface area (Å²) in [4.78, 5) is 4.95. The highest BCUT2D eigenvalue weighted by molar-refractivity contribution is 5.47. The van der Waals surface area contributed by atoms with Gasteiger partial charge in [0.25, 0.3) is 0 Å².